The summed E-state index contributed by atoms with van der Waals surface area (Å²) >= 11 is 0. The van der Waals surface area contributed by atoms with Crippen molar-refractivity contribution in [3.05, 3.63) is 48.2 Å². The molecule has 1 aromatic heterocycles. The van der Waals surface area contributed by atoms with Crippen LogP contribution in [0, 0.1) is 0 Å². The third-order valence-electron chi connectivity index (χ3n) is 4.48. The number of benzene rings is 1. The summed E-state index contributed by atoms with van der Waals surface area (Å²) in [6.45, 7) is 1.54. The Balaban J connectivity index is 1.46. The van der Waals surface area contributed by atoms with Gasteiger partial charge in [0.05, 0.1) is 0 Å². The second kappa shape index (κ2) is 7.21. The average Bonchev–Trinajstić information content (AvgIpc) is 3.37. The van der Waals surface area contributed by atoms with Gasteiger partial charge >= 0.3 is 0 Å². The van der Waals surface area contributed by atoms with E-state index >= 15 is 0 Å². The Hall–Kier alpha value is -2.80. The highest BCUT2D eigenvalue weighted by atomic mass is 16.6. The van der Waals surface area contributed by atoms with Gasteiger partial charge in [0.15, 0.2) is 5.76 Å². The summed E-state index contributed by atoms with van der Waals surface area (Å²) in [6.07, 6.45) is 2.02. The van der Waals surface area contributed by atoms with Crippen LogP contribution in [0.15, 0.2) is 46.9 Å². The highest BCUT2D eigenvalue weighted by molar-refractivity contribution is 5.96. The van der Waals surface area contributed by atoms with Gasteiger partial charge in [0.1, 0.15) is 11.8 Å². The molecule has 2 N–H and O–H groups in total. The van der Waals surface area contributed by atoms with E-state index in [0.29, 0.717) is 25.4 Å². The Morgan fingerprint density at radius 1 is 1.15 bits per heavy atom. The highest BCUT2D eigenvalue weighted by Crippen LogP contribution is 2.25. The van der Waals surface area contributed by atoms with E-state index in [-0.39, 0.29) is 29.6 Å². The van der Waals surface area contributed by atoms with E-state index in [1.807, 2.05) is 18.2 Å². The molecule has 1 atom stereocenters. The van der Waals surface area contributed by atoms with Crippen LogP contribution in [0.25, 0.3) is 0 Å². The molecule has 2 aliphatic rings. The fourth-order valence-corrected chi connectivity index (χ4v) is 2.94. The minimum absolute atomic E-state index is 0.111. The van der Waals surface area contributed by atoms with Gasteiger partial charge in [-0.3, -0.25) is 9.59 Å². The van der Waals surface area contributed by atoms with Crippen molar-refractivity contribution in [2.45, 2.75) is 24.9 Å². The fraction of sp³-hybridized carbons (Fsp3) is 0.368. The molecule has 2 heterocycles. The molecule has 0 spiro atoms. The summed E-state index contributed by atoms with van der Waals surface area (Å²) in [5.74, 6) is 0.631. The fourth-order valence-electron chi connectivity index (χ4n) is 2.94. The van der Waals surface area contributed by atoms with E-state index in [1.54, 1.807) is 29.2 Å². The zero-order valence-corrected chi connectivity index (χ0v) is 14.3. The molecule has 136 valence electrons. The Morgan fingerprint density at radius 2 is 1.96 bits per heavy atom. The van der Waals surface area contributed by atoms with Gasteiger partial charge in [-0.05, 0) is 31.0 Å². The lowest BCUT2D eigenvalue weighted by Gasteiger charge is -2.34. The van der Waals surface area contributed by atoms with Crippen LogP contribution in [0.4, 0.5) is 0 Å². The quantitative estimate of drug-likeness (QED) is 0.854. The van der Waals surface area contributed by atoms with Gasteiger partial charge in [-0.15, -0.1) is 0 Å². The van der Waals surface area contributed by atoms with Gasteiger partial charge < -0.3 is 24.7 Å². The summed E-state index contributed by atoms with van der Waals surface area (Å²) in [5.41, 5.74) is 0. The normalized spacial score (nSPS) is 19.8. The number of carbonyl (C=O) groups is 2. The van der Waals surface area contributed by atoms with Crippen LogP contribution in [0.5, 0.6) is 11.7 Å². The van der Waals surface area contributed by atoms with Crippen LogP contribution in [-0.2, 0) is 4.79 Å². The SMILES string of the molecule is O=C(NC1CC1)[C@H]1CNCCN1C(=O)c1ccc(Oc2ccccc2)o1. The largest absolute Gasteiger partial charge is 0.426 e. The number of para-hydroxylation sites is 1. The molecule has 7 heteroatoms. The van der Waals surface area contributed by atoms with Crippen LogP contribution < -0.4 is 15.4 Å². The van der Waals surface area contributed by atoms with Crippen LogP contribution in [0.3, 0.4) is 0 Å². The molecule has 0 unspecified atom stereocenters. The number of rotatable bonds is 5. The van der Waals surface area contributed by atoms with Gasteiger partial charge in [-0.25, -0.2) is 0 Å². The molecule has 4 rings (SSSR count). The van der Waals surface area contributed by atoms with Crippen molar-refractivity contribution < 1.29 is 18.7 Å². The van der Waals surface area contributed by atoms with Gasteiger partial charge in [-0.2, -0.15) is 0 Å². The molecule has 1 aromatic carbocycles. The molecular formula is C19H21N3O4. The minimum Gasteiger partial charge on any atom is -0.426 e. The van der Waals surface area contributed by atoms with E-state index in [2.05, 4.69) is 10.6 Å². The third-order valence-corrected chi connectivity index (χ3v) is 4.48. The first-order chi connectivity index (χ1) is 12.7. The molecule has 1 aliphatic carbocycles. The Kier molecular flexibility index (Phi) is 4.62. The van der Waals surface area contributed by atoms with E-state index in [0.717, 1.165) is 12.8 Å². The molecule has 1 aliphatic heterocycles. The van der Waals surface area contributed by atoms with Crippen molar-refractivity contribution in [2.24, 2.45) is 0 Å². The Morgan fingerprint density at radius 3 is 2.73 bits per heavy atom. The van der Waals surface area contributed by atoms with E-state index in [4.69, 9.17) is 9.15 Å². The van der Waals surface area contributed by atoms with E-state index < -0.39 is 6.04 Å². The average molecular weight is 355 g/mol. The number of nitrogens with one attached hydrogen (secondary N) is 2. The second-order valence-electron chi connectivity index (χ2n) is 6.54. The highest BCUT2D eigenvalue weighted by Gasteiger charge is 2.36. The lowest BCUT2D eigenvalue weighted by molar-refractivity contribution is -0.126. The molecule has 2 fully saturated rings. The van der Waals surface area contributed by atoms with Crippen molar-refractivity contribution >= 4 is 11.8 Å². The van der Waals surface area contributed by atoms with Crippen LogP contribution in [0.2, 0.25) is 0 Å². The summed E-state index contributed by atoms with van der Waals surface area (Å²) in [6, 6.07) is 12.1. The summed E-state index contributed by atoms with van der Waals surface area (Å²) < 4.78 is 11.2. The third kappa shape index (κ3) is 3.72. The van der Waals surface area contributed by atoms with Crippen LogP contribution in [-0.4, -0.2) is 48.4 Å². The van der Waals surface area contributed by atoms with Crippen LogP contribution >= 0.6 is 0 Å². The molecule has 2 amide bonds. The van der Waals surface area contributed by atoms with Crippen molar-refractivity contribution in [1.82, 2.24) is 15.5 Å². The number of carbonyl (C=O) groups excluding carboxylic acids is 2. The van der Waals surface area contributed by atoms with Crippen molar-refractivity contribution in [3.63, 3.8) is 0 Å². The monoisotopic (exact) mass is 355 g/mol. The van der Waals surface area contributed by atoms with Gasteiger partial charge in [-0.1, -0.05) is 18.2 Å². The molecule has 0 bridgehead atoms. The number of nitrogens with zero attached hydrogens (tertiary/aromatic N) is 1. The lowest BCUT2D eigenvalue weighted by Crippen LogP contribution is -2.59. The molecule has 7 nitrogen and oxygen atoms in total. The predicted octanol–water partition coefficient (Wildman–Crippen LogP) is 1.76. The minimum atomic E-state index is -0.527. The number of furan rings is 1. The topological polar surface area (TPSA) is 83.8 Å². The number of hydrogen-bond acceptors (Lipinski definition) is 5. The number of hydrogen-bond donors (Lipinski definition) is 2. The number of amides is 2. The molecule has 2 aromatic rings. The standard InChI is InChI=1S/C19H21N3O4/c23-18(21-13-6-7-13)15-12-20-10-11-22(15)19(24)16-8-9-17(26-16)25-14-4-2-1-3-5-14/h1-5,8-9,13,15,20H,6-7,10-12H2,(H,21,23)/t15-/m1/s1. The zero-order chi connectivity index (χ0) is 17.9. The van der Waals surface area contributed by atoms with Gasteiger partial charge in [0.2, 0.25) is 5.91 Å². The van der Waals surface area contributed by atoms with E-state index in [9.17, 15) is 9.59 Å². The predicted molar refractivity (Wildman–Crippen MR) is 94.1 cm³/mol. The lowest BCUT2D eigenvalue weighted by atomic mass is 10.1. The summed E-state index contributed by atoms with van der Waals surface area (Å²) in [5, 5.41) is 6.14. The molecule has 26 heavy (non-hydrogen) atoms. The zero-order valence-electron chi connectivity index (χ0n) is 14.3. The van der Waals surface area contributed by atoms with Gasteiger partial charge in [0, 0.05) is 31.7 Å². The van der Waals surface area contributed by atoms with Crippen molar-refractivity contribution in [2.75, 3.05) is 19.6 Å². The van der Waals surface area contributed by atoms with Crippen LogP contribution in [0.1, 0.15) is 23.4 Å². The number of piperazine rings is 1. The maximum Gasteiger partial charge on any atom is 0.290 e. The summed E-state index contributed by atoms with van der Waals surface area (Å²) in [4.78, 5) is 26.9. The molecule has 1 saturated heterocycles. The first-order valence-electron chi connectivity index (χ1n) is 8.85. The number of ether oxygens (including phenoxy) is 1. The Bertz CT molecular complexity index is 785. The first kappa shape index (κ1) is 16.7. The molecular weight excluding hydrogens is 334 g/mol. The van der Waals surface area contributed by atoms with E-state index in [1.165, 1.54) is 0 Å². The van der Waals surface area contributed by atoms with Crippen molar-refractivity contribution in [1.29, 1.82) is 0 Å². The maximum absolute atomic E-state index is 12.9. The first-order valence-corrected chi connectivity index (χ1v) is 8.85. The maximum atomic E-state index is 12.9. The Labute approximate surface area is 151 Å². The molecule has 1 saturated carbocycles. The summed E-state index contributed by atoms with van der Waals surface area (Å²) in [7, 11) is 0. The smallest absolute Gasteiger partial charge is 0.290 e. The molecule has 0 radical (unpaired) electrons. The van der Waals surface area contributed by atoms with Crippen molar-refractivity contribution in [3.8, 4) is 11.7 Å². The van der Waals surface area contributed by atoms with Gasteiger partial charge in [0.25, 0.3) is 11.9 Å². The second-order valence-corrected chi connectivity index (χ2v) is 6.54.